The summed E-state index contributed by atoms with van der Waals surface area (Å²) in [4.78, 5) is 27.0. The topological polar surface area (TPSA) is 49.4 Å². The molecule has 0 spiro atoms. The van der Waals surface area contributed by atoms with E-state index in [1.165, 1.54) is 19.3 Å². The van der Waals surface area contributed by atoms with E-state index in [2.05, 4.69) is 12.2 Å². The zero-order valence-corrected chi connectivity index (χ0v) is 16.1. The van der Waals surface area contributed by atoms with Crippen LogP contribution in [0.4, 0.5) is 0 Å². The first kappa shape index (κ1) is 19.3. The second kappa shape index (κ2) is 8.35. The SMILES string of the molecule is CCC1CN(C(=O)C(C)(C)C)CCC1CC(=O)NC1CCCCC1. The van der Waals surface area contributed by atoms with Gasteiger partial charge in [0.15, 0.2) is 0 Å². The highest BCUT2D eigenvalue weighted by Crippen LogP contribution is 2.31. The summed E-state index contributed by atoms with van der Waals surface area (Å²) >= 11 is 0. The van der Waals surface area contributed by atoms with Crippen molar-refractivity contribution < 1.29 is 9.59 Å². The number of hydrogen-bond acceptors (Lipinski definition) is 2. The van der Waals surface area contributed by atoms with Crippen molar-refractivity contribution in [3.63, 3.8) is 0 Å². The third-order valence-corrected chi connectivity index (χ3v) is 5.76. The molecule has 2 aliphatic rings. The summed E-state index contributed by atoms with van der Waals surface area (Å²) in [6, 6.07) is 0.397. The van der Waals surface area contributed by atoms with Crippen LogP contribution in [0.25, 0.3) is 0 Å². The number of hydrogen-bond donors (Lipinski definition) is 1. The number of amides is 2. The number of carbonyl (C=O) groups excluding carboxylic acids is 2. The first-order valence-corrected chi connectivity index (χ1v) is 9.90. The van der Waals surface area contributed by atoms with Crippen molar-refractivity contribution in [1.29, 1.82) is 0 Å². The maximum absolute atomic E-state index is 12.5. The molecule has 1 saturated heterocycles. The summed E-state index contributed by atoms with van der Waals surface area (Å²) in [5, 5.41) is 3.25. The molecule has 138 valence electrons. The van der Waals surface area contributed by atoms with E-state index in [1.807, 2.05) is 25.7 Å². The number of nitrogens with one attached hydrogen (secondary N) is 1. The molecule has 2 unspecified atom stereocenters. The molecule has 2 rings (SSSR count). The highest BCUT2D eigenvalue weighted by atomic mass is 16.2. The summed E-state index contributed by atoms with van der Waals surface area (Å²) in [6.07, 6.45) is 8.71. The van der Waals surface area contributed by atoms with Crippen LogP contribution < -0.4 is 5.32 Å². The van der Waals surface area contributed by atoms with Gasteiger partial charge in [0, 0.05) is 31.0 Å². The Balaban J connectivity index is 1.85. The van der Waals surface area contributed by atoms with Crippen LogP contribution in [0.3, 0.4) is 0 Å². The molecule has 1 aliphatic heterocycles. The van der Waals surface area contributed by atoms with Crippen molar-refractivity contribution in [3.8, 4) is 0 Å². The van der Waals surface area contributed by atoms with E-state index in [0.29, 0.717) is 24.3 Å². The third kappa shape index (κ3) is 5.22. The molecule has 1 N–H and O–H groups in total. The molecule has 24 heavy (non-hydrogen) atoms. The molecular weight excluding hydrogens is 300 g/mol. The van der Waals surface area contributed by atoms with Gasteiger partial charge in [-0.05, 0) is 31.1 Å². The van der Waals surface area contributed by atoms with Crippen LogP contribution in [0.15, 0.2) is 0 Å². The highest BCUT2D eigenvalue weighted by Gasteiger charge is 2.35. The summed E-state index contributed by atoms with van der Waals surface area (Å²) in [5.41, 5.74) is -0.316. The molecule has 2 fully saturated rings. The van der Waals surface area contributed by atoms with E-state index in [9.17, 15) is 9.59 Å². The monoisotopic (exact) mass is 336 g/mol. The largest absolute Gasteiger partial charge is 0.353 e. The molecule has 4 heteroatoms. The van der Waals surface area contributed by atoms with Gasteiger partial charge < -0.3 is 10.2 Å². The minimum absolute atomic E-state index is 0.223. The normalized spacial score (nSPS) is 26.2. The molecule has 1 aliphatic carbocycles. The van der Waals surface area contributed by atoms with Gasteiger partial charge in [0.25, 0.3) is 0 Å². The predicted octanol–water partition coefficient (Wildman–Crippen LogP) is 3.75. The van der Waals surface area contributed by atoms with Gasteiger partial charge in [-0.1, -0.05) is 53.4 Å². The van der Waals surface area contributed by atoms with Crippen molar-refractivity contribution in [3.05, 3.63) is 0 Å². The van der Waals surface area contributed by atoms with Crippen molar-refractivity contribution in [1.82, 2.24) is 10.2 Å². The second-order valence-electron chi connectivity index (χ2n) is 8.82. The van der Waals surface area contributed by atoms with Crippen LogP contribution in [-0.4, -0.2) is 35.8 Å². The molecule has 1 saturated carbocycles. The molecule has 2 amide bonds. The zero-order valence-electron chi connectivity index (χ0n) is 16.1. The summed E-state index contributed by atoms with van der Waals surface area (Å²) < 4.78 is 0. The van der Waals surface area contributed by atoms with E-state index in [-0.39, 0.29) is 17.2 Å². The lowest BCUT2D eigenvalue weighted by atomic mass is 9.80. The van der Waals surface area contributed by atoms with Crippen LogP contribution >= 0.6 is 0 Å². The first-order chi connectivity index (χ1) is 11.3. The molecule has 0 aromatic heterocycles. The van der Waals surface area contributed by atoms with Crippen LogP contribution in [0.1, 0.15) is 79.1 Å². The lowest BCUT2D eigenvalue weighted by Crippen LogP contribution is -2.48. The predicted molar refractivity (Wildman–Crippen MR) is 97.6 cm³/mol. The summed E-state index contributed by atoms with van der Waals surface area (Å²) in [5.74, 6) is 1.33. The Labute approximate surface area is 147 Å². The standard InChI is InChI=1S/C20H36N2O2/c1-5-15-14-22(19(24)20(2,3)4)12-11-16(15)13-18(23)21-17-9-7-6-8-10-17/h15-17H,5-14H2,1-4H3,(H,21,23). The molecular formula is C20H36N2O2. The van der Waals surface area contributed by atoms with Crippen molar-refractivity contribution in [2.45, 2.75) is 85.1 Å². The van der Waals surface area contributed by atoms with Crippen molar-refractivity contribution >= 4 is 11.8 Å². The number of nitrogens with zero attached hydrogens (tertiary/aromatic N) is 1. The lowest BCUT2D eigenvalue weighted by Gasteiger charge is -2.40. The molecule has 0 aromatic rings. The fraction of sp³-hybridized carbons (Fsp3) is 0.900. The van der Waals surface area contributed by atoms with E-state index in [4.69, 9.17) is 0 Å². The van der Waals surface area contributed by atoms with E-state index >= 15 is 0 Å². The molecule has 0 bridgehead atoms. The average Bonchev–Trinajstić information content (AvgIpc) is 2.54. The van der Waals surface area contributed by atoms with Gasteiger partial charge in [-0.3, -0.25) is 9.59 Å². The Morgan fingerprint density at radius 3 is 2.29 bits per heavy atom. The van der Waals surface area contributed by atoms with Crippen LogP contribution in [0.5, 0.6) is 0 Å². The van der Waals surface area contributed by atoms with Gasteiger partial charge in [0.2, 0.25) is 11.8 Å². The smallest absolute Gasteiger partial charge is 0.227 e. The van der Waals surface area contributed by atoms with Gasteiger partial charge in [0.1, 0.15) is 0 Å². The molecule has 1 heterocycles. The molecule has 4 nitrogen and oxygen atoms in total. The minimum atomic E-state index is -0.316. The Hall–Kier alpha value is -1.06. The summed E-state index contributed by atoms with van der Waals surface area (Å²) in [7, 11) is 0. The van der Waals surface area contributed by atoms with Crippen molar-refractivity contribution in [2.75, 3.05) is 13.1 Å². The fourth-order valence-electron chi connectivity index (χ4n) is 4.24. The van der Waals surface area contributed by atoms with Gasteiger partial charge in [-0.2, -0.15) is 0 Å². The quantitative estimate of drug-likeness (QED) is 0.850. The van der Waals surface area contributed by atoms with Crippen LogP contribution in [0, 0.1) is 17.3 Å². The Kier molecular flexibility index (Phi) is 6.70. The Morgan fingerprint density at radius 1 is 1.04 bits per heavy atom. The minimum Gasteiger partial charge on any atom is -0.353 e. The van der Waals surface area contributed by atoms with E-state index in [0.717, 1.165) is 38.8 Å². The Bertz CT molecular complexity index is 435. The van der Waals surface area contributed by atoms with E-state index in [1.54, 1.807) is 0 Å². The Morgan fingerprint density at radius 2 is 1.71 bits per heavy atom. The van der Waals surface area contributed by atoms with Crippen molar-refractivity contribution in [2.24, 2.45) is 17.3 Å². The highest BCUT2D eigenvalue weighted by molar-refractivity contribution is 5.81. The maximum Gasteiger partial charge on any atom is 0.227 e. The van der Waals surface area contributed by atoms with Gasteiger partial charge >= 0.3 is 0 Å². The first-order valence-electron chi connectivity index (χ1n) is 9.90. The molecule has 2 atom stereocenters. The van der Waals surface area contributed by atoms with Gasteiger partial charge in [-0.25, -0.2) is 0 Å². The molecule has 0 radical (unpaired) electrons. The molecule has 0 aromatic carbocycles. The fourth-order valence-corrected chi connectivity index (χ4v) is 4.24. The maximum atomic E-state index is 12.5. The van der Waals surface area contributed by atoms with Crippen LogP contribution in [-0.2, 0) is 9.59 Å². The second-order valence-corrected chi connectivity index (χ2v) is 8.82. The van der Waals surface area contributed by atoms with Gasteiger partial charge in [0.05, 0.1) is 0 Å². The zero-order chi connectivity index (χ0) is 17.7. The number of piperidine rings is 1. The number of rotatable bonds is 4. The number of carbonyl (C=O) groups is 2. The summed E-state index contributed by atoms with van der Waals surface area (Å²) in [6.45, 7) is 9.75. The van der Waals surface area contributed by atoms with Crippen LogP contribution in [0.2, 0.25) is 0 Å². The average molecular weight is 337 g/mol. The lowest BCUT2D eigenvalue weighted by molar-refractivity contribution is -0.142. The number of likely N-dealkylation sites (tertiary alicyclic amines) is 1. The third-order valence-electron chi connectivity index (χ3n) is 5.76. The van der Waals surface area contributed by atoms with E-state index < -0.39 is 0 Å². The van der Waals surface area contributed by atoms with Gasteiger partial charge in [-0.15, -0.1) is 0 Å².